The molecule has 3 aliphatic carbocycles. The van der Waals surface area contributed by atoms with Gasteiger partial charge in [-0.3, -0.25) is 9.59 Å². The van der Waals surface area contributed by atoms with Crippen LogP contribution >= 0.6 is 0 Å². The van der Waals surface area contributed by atoms with Gasteiger partial charge < -0.3 is 29.5 Å². The van der Waals surface area contributed by atoms with Crippen LogP contribution in [-0.4, -0.2) is 73.1 Å². The first-order chi connectivity index (χ1) is 24.1. The molecule has 8 rings (SSSR count). The number of hydrogen-bond donors (Lipinski definition) is 2. The zero-order valence-corrected chi connectivity index (χ0v) is 28.2. The van der Waals surface area contributed by atoms with E-state index in [-0.39, 0.29) is 41.6 Å². The van der Waals surface area contributed by atoms with Crippen LogP contribution in [0.15, 0.2) is 24.4 Å². The Morgan fingerprint density at radius 1 is 1.04 bits per heavy atom. The van der Waals surface area contributed by atoms with E-state index in [0.717, 1.165) is 81.4 Å². The molecule has 2 aromatic rings. The summed E-state index contributed by atoms with van der Waals surface area (Å²) in [4.78, 5) is 34.8. The molecule has 5 unspecified atom stereocenters. The molecule has 270 valence electrons. The number of aromatic nitrogens is 2. The predicted molar refractivity (Wildman–Crippen MR) is 175 cm³/mol. The lowest BCUT2D eigenvalue weighted by Crippen LogP contribution is -2.60. The second-order valence-electron chi connectivity index (χ2n) is 15.6. The van der Waals surface area contributed by atoms with Crippen LogP contribution in [-0.2, 0) is 25.9 Å². The van der Waals surface area contributed by atoms with Crippen LogP contribution in [0.3, 0.4) is 0 Å². The summed E-state index contributed by atoms with van der Waals surface area (Å²) in [5, 5.41) is 12.1. The first-order valence-electron chi connectivity index (χ1n) is 18.2. The zero-order valence-electron chi connectivity index (χ0n) is 28.2. The number of carbonyl (C=O) groups excluding carboxylic acids is 1. The number of nitrogens with one attached hydrogen (secondary N) is 1. The molecule has 0 radical (unpaired) electrons. The van der Waals surface area contributed by atoms with E-state index >= 15 is 0 Å². The number of carboxylic acids is 1. The summed E-state index contributed by atoms with van der Waals surface area (Å²) in [7, 11) is 0. The van der Waals surface area contributed by atoms with Gasteiger partial charge in [0.15, 0.2) is 5.69 Å². The molecule has 50 heavy (non-hydrogen) atoms. The van der Waals surface area contributed by atoms with Crippen LogP contribution in [0.2, 0.25) is 0 Å². The van der Waals surface area contributed by atoms with E-state index in [9.17, 15) is 27.9 Å². The molecule has 1 amide bonds. The number of fused-ring (bicyclic) bond motifs is 2. The number of ether oxygens (including phenoxy) is 3. The second kappa shape index (κ2) is 13.0. The highest BCUT2D eigenvalue weighted by atomic mass is 19.4. The second-order valence-corrected chi connectivity index (χ2v) is 15.6. The zero-order chi connectivity index (χ0) is 34.7. The Morgan fingerprint density at radius 3 is 2.54 bits per heavy atom. The molecule has 0 bridgehead atoms. The molecule has 2 saturated heterocycles. The van der Waals surface area contributed by atoms with Gasteiger partial charge >= 0.3 is 12.1 Å². The first kappa shape index (κ1) is 33.7. The summed E-state index contributed by atoms with van der Waals surface area (Å²) in [6.45, 7) is 3.87. The average Bonchev–Trinajstić information content (AvgIpc) is 3.61. The van der Waals surface area contributed by atoms with Gasteiger partial charge in [0.2, 0.25) is 5.95 Å². The highest BCUT2D eigenvalue weighted by Gasteiger charge is 2.69. The minimum absolute atomic E-state index is 0.0289. The molecule has 3 saturated carbocycles. The van der Waals surface area contributed by atoms with E-state index < -0.39 is 29.3 Å². The Morgan fingerprint density at radius 2 is 1.80 bits per heavy atom. The Bertz CT molecular complexity index is 1630. The van der Waals surface area contributed by atoms with E-state index in [0.29, 0.717) is 57.0 Å². The molecule has 6 aliphatic rings. The summed E-state index contributed by atoms with van der Waals surface area (Å²) >= 11 is 0. The number of alkyl halides is 3. The van der Waals surface area contributed by atoms with E-state index in [1.165, 1.54) is 0 Å². The smallest absolute Gasteiger partial charge is 0.434 e. The number of hydrogen-bond acceptors (Lipinski definition) is 8. The molecular formula is C37H45F3N4O6. The highest BCUT2D eigenvalue weighted by molar-refractivity contribution is 5.95. The van der Waals surface area contributed by atoms with Crippen molar-refractivity contribution in [3.8, 4) is 5.75 Å². The van der Waals surface area contributed by atoms with Gasteiger partial charge in [-0.25, -0.2) is 9.97 Å². The Balaban J connectivity index is 0.986. The van der Waals surface area contributed by atoms with Gasteiger partial charge in [0.05, 0.1) is 12.2 Å². The van der Waals surface area contributed by atoms with Crippen molar-refractivity contribution in [1.82, 2.24) is 15.3 Å². The predicted octanol–water partition coefficient (Wildman–Crippen LogP) is 6.15. The molecule has 3 aliphatic heterocycles. The lowest BCUT2D eigenvalue weighted by Gasteiger charge is -2.66. The van der Waals surface area contributed by atoms with Crippen molar-refractivity contribution in [3.63, 3.8) is 0 Å². The number of carbonyl (C=O) groups is 2. The molecule has 2 N–H and O–H groups in total. The van der Waals surface area contributed by atoms with Crippen molar-refractivity contribution in [2.45, 2.75) is 75.8 Å². The maximum atomic E-state index is 14.5. The molecular weight excluding hydrogens is 653 g/mol. The van der Waals surface area contributed by atoms with Gasteiger partial charge in [-0.15, -0.1) is 0 Å². The normalized spacial score (nSPS) is 29.8. The van der Waals surface area contributed by atoms with Crippen LogP contribution < -0.4 is 15.0 Å². The third-order valence-electron chi connectivity index (χ3n) is 13.1. The van der Waals surface area contributed by atoms with Crippen LogP contribution in [0, 0.1) is 35.0 Å². The minimum atomic E-state index is -4.87. The average molecular weight is 699 g/mol. The van der Waals surface area contributed by atoms with E-state index in [1.54, 1.807) is 4.90 Å². The quantitative estimate of drug-likeness (QED) is 0.301. The van der Waals surface area contributed by atoms with Crippen LogP contribution in [0.1, 0.15) is 85.8 Å². The first-order valence-corrected chi connectivity index (χ1v) is 18.2. The summed E-state index contributed by atoms with van der Waals surface area (Å²) in [6, 6.07) is 5.75. The van der Waals surface area contributed by atoms with E-state index in [1.807, 2.05) is 18.2 Å². The molecule has 1 aromatic carbocycles. The number of carboxylic acid groups (broad SMARTS) is 1. The van der Waals surface area contributed by atoms with Crippen molar-refractivity contribution in [3.05, 3.63) is 41.2 Å². The van der Waals surface area contributed by atoms with Gasteiger partial charge in [0, 0.05) is 63.2 Å². The van der Waals surface area contributed by atoms with Crippen LogP contribution in [0.25, 0.3) is 0 Å². The molecule has 1 aromatic heterocycles. The largest absolute Gasteiger partial charge is 0.494 e. The number of anilines is 2. The van der Waals surface area contributed by atoms with E-state index in [2.05, 4.69) is 15.3 Å². The molecule has 13 heteroatoms. The third kappa shape index (κ3) is 5.91. The van der Waals surface area contributed by atoms with Crippen molar-refractivity contribution in [1.29, 1.82) is 0 Å². The summed E-state index contributed by atoms with van der Waals surface area (Å²) in [6.07, 6.45) is 4.38. The van der Waals surface area contributed by atoms with Crippen molar-refractivity contribution >= 4 is 23.5 Å². The number of halogens is 3. The molecule has 5 atom stereocenters. The molecule has 2 spiro atoms. The summed E-state index contributed by atoms with van der Waals surface area (Å²) in [5.41, 5.74) is -0.449. The van der Waals surface area contributed by atoms with Gasteiger partial charge in [0.1, 0.15) is 5.75 Å². The fourth-order valence-corrected chi connectivity index (χ4v) is 10.5. The van der Waals surface area contributed by atoms with Crippen molar-refractivity contribution in [2.75, 3.05) is 51.0 Å². The summed E-state index contributed by atoms with van der Waals surface area (Å²) in [5.74, 6) is 0.794. The van der Waals surface area contributed by atoms with Gasteiger partial charge in [-0.2, -0.15) is 13.2 Å². The lowest BCUT2D eigenvalue weighted by atomic mass is 9.38. The third-order valence-corrected chi connectivity index (χ3v) is 13.1. The van der Waals surface area contributed by atoms with Gasteiger partial charge in [0.25, 0.3) is 5.91 Å². The lowest BCUT2D eigenvalue weighted by molar-refractivity contribution is -0.189. The highest BCUT2D eigenvalue weighted by Crippen LogP contribution is 2.75. The monoisotopic (exact) mass is 698 g/mol. The Hall–Kier alpha value is -3.45. The number of aliphatic carboxylic acids is 1. The maximum Gasteiger partial charge on any atom is 0.434 e. The topological polar surface area (TPSA) is 123 Å². The number of benzene rings is 1. The number of rotatable bonds is 10. The Labute approximate surface area is 289 Å². The standard InChI is InChI=1S/C37H45F3N4O6/c38-37(39,40)32-28(33(47)41-19-23-13-24-14-25-15-26(16-31(45)46)36(24,25)18-23)20-42-34(43-32)44-21-35(6-11-49-12-7-35)29-17-27(1-2-30(29)44)50-10-5-22-3-8-48-9-4-22/h1-2,17,20,22-26H,3-16,18-19,21H2,(H,41,47)(H,45,46). The fraction of sp³-hybridized carbons (Fsp3) is 0.676. The van der Waals surface area contributed by atoms with Gasteiger partial charge in [-0.1, -0.05) is 0 Å². The molecule has 10 nitrogen and oxygen atoms in total. The minimum Gasteiger partial charge on any atom is -0.494 e. The van der Waals surface area contributed by atoms with Gasteiger partial charge in [-0.05, 0) is 117 Å². The van der Waals surface area contributed by atoms with E-state index in [4.69, 9.17) is 14.2 Å². The SMILES string of the molecule is O=C(O)CC1CC2CC3CC(CNC(=O)c4cnc(N5CC6(CCOCC6)c6cc(OCCC7CCOCC7)ccc65)nc4C(F)(F)F)CC132. The van der Waals surface area contributed by atoms with Crippen LogP contribution in [0.5, 0.6) is 5.75 Å². The summed E-state index contributed by atoms with van der Waals surface area (Å²) < 4.78 is 61.0. The van der Waals surface area contributed by atoms with Crippen molar-refractivity contribution in [2.24, 2.45) is 35.0 Å². The number of nitrogens with zero attached hydrogens (tertiary/aromatic N) is 3. The number of amides is 1. The Kier molecular flexibility index (Phi) is 8.72. The molecule has 4 heterocycles. The fourth-order valence-electron chi connectivity index (χ4n) is 10.5. The maximum absolute atomic E-state index is 14.5. The molecule has 5 fully saturated rings. The van der Waals surface area contributed by atoms with Crippen molar-refractivity contribution < 1.29 is 42.1 Å². The van der Waals surface area contributed by atoms with Crippen LogP contribution in [0.4, 0.5) is 24.8 Å².